The second-order valence-corrected chi connectivity index (χ2v) is 6.31. The average molecular weight is 326 g/mol. The smallest absolute Gasteiger partial charge is 0.115 e. The highest BCUT2D eigenvalue weighted by atomic mass is 127. The van der Waals surface area contributed by atoms with E-state index in [2.05, 4.69) is 30.9 Å². The van der Waals surface area contributed by atoms with Gasteiger partial charge in [0.05, 0.1) is 0 Å². The molecule has 0 amide bonds. The van der Waals surface area contributed by atoms with Crippen LogP contribution in [0.15, 0.2) is 0 Å². The summed E-state index contributed by atoms with van der Waals surface area (Å²) < 4.78 is 16.0. The van der Waals surface area contributed by atoms with E-state index in [1.807, 2.05) is 6.92 Å². The Morgan fingerprint density at radius 3 is 2.67 bits per heavy atom. The fraction of sp³-hybridized carbons (Fsp3) is 1.00. The number of hydrogen-bond donors (Lipinski definition) is 0. The van der Waals surface area contributed by atoms with Crippen molar-refractivity contribution in [2.75, 3.05) is 26.2 Å². The standard InChI is InChI=1S/C11H20FIN2/c1-9-4-6-14(8-11(9)12)10-3-2-5-15(13)7-10/h9-11H,2-8H2,1H3/t9-,10?,11-/m0/s1. The molecule has 4 heteroatoms. The van der Waals surface area contributed by atoms with Crippen molar-refractivity contribution in [1.82, 2.24) is 8.01 Å². The second-order valence-electron chi connectivity index (χ2n) is 4.94. The fourth-order valence-corrected chi connectivity index (χ4v) is 3.38. The monoisotopic (exact) mass is 326 g/mol. The molecule has 0 radical (unpaired) electrons. The molecule has 2 heterocycles. The van der Waals surface area contributed by atoms with Crippen LogP contribution in [0.3, 0.4) is 0 Å². The maximum Gasteiger partial charge on any atom is 0.115 e. The highest BCUT2D eigenvalue weighted by Crippen LogP contribution is 2.25. The Morgan fingerprint density at radius 1 is 1.20 bits per heavy atom. The largest absolute Gasteiger partial charge is 0.296 e. The minimum atomic E-state index is -0.608. The zero-order valence-corrected chi connectivity index (χ0v) is 11.5. The van der Waals surface area contributed by atoms with Crippen molar-refractivity contribution >= 4 is 22.9 Å². The van der Waals surface area contributed by atoms with Gasteiger partial charge in [0, 0.05) is 48.5 Å². The lowest BCUT2D eigenvalue weighted by atomic mass is 9.94. The third kappa shape index (κ3) is 3.03. The van der Waals surface area contributed by atoms with Crippen LogP contribution in [0.4, 0.5) is 4.39 Å². The van der Waals surface area contributed by atoms with Crippen molar-refractivity contribution < 1.29 is 4.39 Å². The first kappa shape index (κ1) is 12.0. The Kier molecular flexibility index (Phi) is 4.24. The van der Waals surface area contributed by atoms with Crippen LogP contribution in [-0.2, 0) is 0 Å². The van der Waals surface area contributed by atoms with Gasteiger partial charge in [0.1, 0.15) is 6.17 Å². The summed E-state index contributed by atoms with van der Waals surface area (Å²) in [6.07, 6.45) is 2.93. The van der Waals surface area contributed by atoms with E-state index in [9.17, 15) is 4.39 Å². The van der Waals surface area contributed by atoms with Crippen molar-refractivity contribution in [3.8, 4) is 0 Å². The summed E-state index contributed by atoms with van der Waals surface area (Å²) in [6.45, 7) is 6.10. The lowest BCUT2D eigenvalue weighted by molar-refractivity contribution is 0.0468. The van der Waals surface area contributed by atoms with Gasteiger partial charge in [0.15, 0.2) is 0 Å². The van der Waals surface area contributed by atoms with E-state index in [0.717, 1.165) is 19.5 Å². The van der Waals surface area contributed by atoms with Crippen LogP contribution in [0.5, 0.6) is 0 Å². The summed E-state index contributed by atoms with van der Waals surface area (Å²) in [5.74, 6) is 0.264. The molecule has 2 saturated heterocycles. The van der Waals surface area contributed by atoms with E-state index in [-0.39, 0.29) is 5.92 Å². The first-order valence-electron chi connectivity index (χ1n) is 5.95. The minimum absolute atomic E-state index is 0.264. The molecule has 15 heavy (non-hydrogen) atoms. The van der Waals surface area contributed by atoms with Crippen molar-refractivity contribution in [1.29, 1.82) is 0 Å². The van der Waals surface area contributed by atoms with E-state index in [4.69, 9.17) is 0 Å². The van der Waals surface area contributed by atoms with Crippen molar-refractivity contribution in [3.05, 3.63) is 0 Å². The Hall–Kier alpha value is 0.580. The number of likely N-dealkylation sites (tertiary alicyclic amines) is 1. The molecule has 0 aromatic carbocycles. The lowest BCUT2D eigenvalue weighted by Crippen LogP contribution is -2.51. The molecule has 0 N–H and O–H groups in total. The van der Waals surface area contributed by atoms with Gasteiger partial charge in [-0.05, 0) is 31.7 Å². The number of hydrogen-bond acceptors (Lipinski definition) is 2. The quantitative estimate of drug-likeness (QED) is 0.540. The molecule has 0 aliphatic carbocycles. The zero-order chi connectivity index (χ0) is 10.8. The van der Waals surface area contributed by atoms with Gasteiger partial charge in [-0.2, -0.15) is 0 Å². The highest BCUT2D eigenvalue weighted by molar-refractivity contribution is 14.1. The minimum Gasteiger partial charge on any atom is -0.296 e. The van der Waals surface area contributed by atoms with Crippen LogP contribution in [0.1, 0.15) is 26.2 Å². The Bertz CT molecular complexity index is 215. The topological polar surface area (TPSA) is 6.48 Å². The molecular weight excluding hydrogens is 306 g/mol. The summed E-state index contributed by atoms with van der Waals surface area (Å²) in [5.41, 5.74) is 0. The first-order chi connectivity index (χ1) is 7.16. The van der Waals surface area contributed by atoms with Gasteiger partial charge in [0.25, 0.3) is 0 Å². The van der Waals surface area contributed by atoms with E-state index < -0.39 is 6.17 Å². The molecule has 2 nitrogen and oxygen atoms in total. The summed E-state index contributed by atoms with van der Waals surface area (Å²) >= 11 is 2.39. The van der Waals surface area contributed by atoms with E-state index in [1.54, 1.807) is 0 Å². The van der Waals surface area contributed by atoms with Crippen molar-refractivity contribution in [2.24, 2.45) is 5.92 Å². The van der Waals surface area contributed by atoms with E-state index >= 15 is 0 Å². The normalized spacial score (nSPS) is 40.6. The summed E-state index contributed by atoms with van der Waals surface area (Å²) in [4.78, 5) is 2.37. The predicted octanol–water partition coefficient (Wildman–Crippen LogP) is 2.48. The summed E-state index contributed by atoms with van der Waals surface area (Å²) in [5, 5.41) is 0. The zero-order valence-electron chi connectivity index (χ0n) is 9.33. The Morgan fingerprint density at radius 2 is 2.00 bits per heavy atom. The van der Waals surface area contributed by atoms with E-state index in [1.165, 1.54) is 19.4 Å². The molecule has 2 aliphatic heterocycles. The first-order valence-corrected chi connectivity index (χ1v) is 6.92. The maximum atomic E-state index is 13.6. The molecular formula is C11H20FIN2. The van der Waals surface area contributed by atoms with Gasteiger partial charge in [-0.3, -0.25) is 4.90 Å². The number of piperidine rings is 2. The molecule has 0 aromatic rings. The van der Waals surface area contributed by atoms with Crippen molar-refractivity contribution in [2.45, 2.75) is 38.4 Å². The van der Waals surface area contributed by atoms with Crippen LogP contribution in [-0.4, -0.2) is 46.4 Å². The van der Waals surface area contributed by atoms with Gasteiger partial charge < -0.3 is 0 Å². The number of alkyl halides is 1. The van der Waals surface area contributed by atoms with Crippen LogP contribution >= 0.6 is 22.9 Å². The summed E-state index contributed by atoms with van der Waals surface area (Å²) in [7, 11) is 0. The van der Waals surface area contributed by atoms with Crippen LogP contribution in [0.2, 0.25) is 0 Å². The van der Waals surface area contributed by atoms with Crippen LogP contribution in [0.25, 0.3) is 0 Å². The molecule has 0 saturated carbocycles. The second kappa shape index (κ2) is 5.27. The number of nitrogens with zero attached hydrogens (tertiary/aromatic N) is 2. The maximum absolute atomic E-state index is 13.6. The van der Waals surface area contributed by atoms with Gasteiger partial charge in [-0.15, -0.1) is 0 Å². The third-order valence-electron chi connectivity index (χ3n) is 3.76. The lowest BCUT2D eigenvalue weighted by Gasteiger charge is -2.41. The Balaban J connectivity index is 1.87. The van der Waals surface area contributed by atoms with Crippen molar-refractivity contribution in [3.63, 3.8) is 0 Å². The molecule has 0 aromatic heterocycles. The Labute approximate surface area is 106 Å². The molecule has 0 spiro atoms. The molecule has 2 aliphatic rings. The average Bonchev–Trinajstić information content (AvgIpc) is 2.22. The highest BCUT2D eigenvalue weighted by Gasteiger charge is 2.31. The number of halogens is 2. The number of rotatable bonds is 1. The van der Waals surface area contributed by atoms with Gasteiger partial charge in [-0.1, -0.05) is 6.92 Å². The van der Waals surface area contributed by atoms with Gasteiger partial charge in [-0.25, -0.2) is 7.50 Å². The molecule has 0 bridgehead atoms. The predicted molar refractivity (Wildman–Crippen MR) is 68.9 cm³/mol. The fourth-order valence-electron chi connectivity index (χ4n) is 2.58. The molecule has 88 valence electrons. The molecule has 1 unspecified atom stereocenters. The molecule has 3 atom stereocenters. The summed E-state index contributed by atoms with van der Waals surface area (Å²) in [6, 6.07) is 0.599. The van der Waals surface area contributed by atoms with Gasteiger partial charge in [0.2, 0.25) is 0 Å². The molecule has 2 rings (SSSR count). The molecule has 2 fully saturated rings. The van der Waals surface area contributed by atoms with Crippen LogP contribution in [0, 0.1) is 5.92 Å². The van der Waals surface area contributed by atoms with E-state index in [0.29, 0.717) is 12.6 Å². The van der Waals surface area contributed by atoms with Gasteiger partial charge >= 0.3 is 0 Å². The SMILES string of the molecule is C[C@H]1CCN(C2CCCN(I)C2)C[C@@H]1F. The third-order valence-corrected chi connectivity index (χ3v) is 4.64. The van der Waals surface area contributed by atoms with Crippen LogP contribution < -0.4 is 0 Å².